The molecular weight excluding hydrogens is 268 g/mol. The SMILES string of the molecule is BrC1CCN(c2ccn3nccc3n2)CC1. The largest absolute Gasteiger partial charge is 0.356 e. The molecule has 0 amide bonds. The first kappa shape index (κ1) is 10.1. The summed E-state index contributed by atoms with van der Waals surface area (Å²) in [6, 6.07) is 3.97. The molecule has 4 nitrogen and oxygen atoms in total. The molecule has 0 unspecified atom stereocenters. The van der Waals surface area contributed by atoms with Crippen molar-refractivity contribution >= 4 is 27.4 Å². The molecule has 0 saturated carbocycles. The molecular formula is C11H13BrN4. The van der Waals surface area contributed by atoms with Crippen molar-refractivity contribution in [3.8, 4) is 0 Å². The molecule has 2 aromatic heterocycles. The minimum atomic E-state index is 0.669. The van der Waals surface area contributed by atoms with E-state index in [2.05, 4.69) is 30.9 Å². The second kappa shape index (κ2) is 4.05. The quantitative estimate of drug-likeness (QED) is 0.750. The van der Waals surface area contributed by atoms with E-state index in [0.717, 1.165) is 24.6 Å². The number of piperidine rings is 1. The van der Waals surface area contributed by atoms with Crippen molar-refractivity contribution in [2.24, 2.45) is 0 Å². The van der Waals surface area contributed by atoms with E-state index >= 15 is 0 Å². The fraction of sp³-hybridized carbons (Fsp3) is 0.455. The van der Waals surface area contributed by atoms with Gasteiger partial charge in [-0.15, -0.1) is 0 Å². The minimum Gasteiger partial charge on any atom is -0.356 e. The van der Waals surface area contributed by atoms with Crippen molar-refractivity contribution in [1.29, 1.82) is 0 Å². The molecule has 2 aromatic rings. The molecule has 0 atom stereocenters. The van der Waals surface area contributed by atoms with Gasteiger partial charge in [0.1, 0.15) is 5.82 Å². The number of hydrogen-bond acceptors (Lipinski definition) is 3. The number of nitrogens with zero attached hydrogens (tertiary/aromatic N) is 4. The van der Waals surface area contributed by atoms with Crippen LogP contribution in [0.4, 0.5) is 5.82 Å². The van der Waals surface area contributed by atoms with Crippen LogP contribution in [0, 0.1) is 0 Å². The number of rotatable bonds is 1. The van der Waals surface area contributed by atoms with Gasteiger partial charge in [-0.2, -0.15) is 5.10 Å². The normalized spacial score (nSPS) is 18.2. The van der Waals surface area contributed by atoms with Crippen LogP contribution in [0.15, 0.2) is 24.5 Å². The van der Waals surface area contributed by atoms with Crippen LogP contribution < -0.4 is 4.90 Å². The van der Waals surface area contributed by atoms with Crippen LogP contribution in [0.3, 0.4) is 0 Å². The highest BCUT2D eigenvalue weighted by Gasteiger charge is 2.18. The lowest BCUT2D eigenvalue weighted by atomic mass is 10.1. The lowest BCUT2D eigenvalue weighted by Gasteiger charge is -2.30. The number of fused-ring (bicyclic) bond motifs is 1. The Kier molecular flexibility index (Phi) is 2.55. The number of anilines is 1. The van der Waals surface area contributed by atoms with Gasteiger partial charge < -0.3 is 4.90 Å². The third-order valence-corrected chi connectivity index (χ3v) is 3.91. The van der Waals surface area contributed by atoms with Crippen molar-refractivity contribution in [3.05, 3.63) is 24.5 Å². The molecule has 3 rings (SSSR count). The predicted octanol–water partition coefficient (Wildman–Crippen LogP) is 2.09. The van der Waals surface area contributed by atoms with Gasteiger partial charge >= 0.3 is 0 Å². The third kappa shape index (κ3) is 1.80. The van der Waals surface area contributed by atoms with E-state index in [-0.39, 0.29) is 0 Å². The molecule has 0 aromatic carbocycles. The monoisotopic (exact) mass is 280 g/mol. The van der Waals surface area contributed by atoms with E-state index in [4.69, 9.17) is 0 Å². The Labute approximate surface area is 102 Å². The summed E-state index contributed by atoms with van der Waals surface area (Å²) in [6.45, 7) is 2.15. The Bertz CT molecular complexity index is 487. The minimum absolute atomic E-state index is 0.669. The van der Waals surface area contributed by atoms with Crippen LogP contribution in [-0.2, 0) is 0 Å². The summed E-state index contributed by atoms with van der Waals surface area (Å²) in [5.41, 5.74) is 0.915. The Morgan fingerprint density at radius 3 is 2.88 bits per heavy atom. The highest BCUT2D eigenvalue weighted by atomic mass is 79.9. The molecule has 5 heteroatoms. The summed E-state index contributed by atoms with van der Waals surface area (Å²) in [5, 5.41) is 4.15. The van der Waals surface area contributed by atoms with E-state index in [1.54, 1.807) is 10.7 Å². The van der Waals surface area contributed by atoms with Crippen molar-refractivity contribution in [2.45, 2.75) is 17.7 Å². The molecule has 1 aliphatic rings. The number of alkyl halides is 1. The zero-order valence-corrected chi connectivity index (χ0v) is 10.5. The van der Waals surface area contributed by atoms with Crippen molar-refractivity contribution < 1.29 is 0 Å². The Morgan fingerprint density at radius 2 is 2.06 bits per heavy atom. The highest BCUT2D eigenvalue weighted by Crippen LogP contribution is 2.22. The van der Waals surface area contributed by atoms with E-state index in [0.29, 0.717) is 4.83 Å². The zero-order chi connectivity index (χ0) is 11.0. The molecule has 16 heavy (non-hydrogen) atoms. The fourth-order valence-electron chi connectivity index (χ4n) is 2.06. The van der Waals surface area contributed by atoms with Crippen LogP contribution in [-0.4, -0.2) is 32.5 Å². The summed E-state index contributed by atoms with van der Waals surface area (Å²) in [4.78, 5) is 7.60. The smallest absolute Gasteiger partial charge is 0.157 e. The zero-order valence-electron chi connectivity index (χ0n) is 8.88. The van der Waals surface area contributed by atoms with Crippen molar-refractivity contribution in [3.63, 3.8) is 0 Å². The second-order valence-corrected chi connectivity index (χ2v) is 5.38. The van der Waals surface area contributed by atoms with Crippen LogP contribution in [0.1, 0.15) is 12.8 Å². The first-order chi connectivity index (χ1) is 7.83. The summed E-state index contributed by atoms with van der Waals surface area (Å²) in [7, 11) is 0. The van der Waals surface area contributed by atoms with E-state index in [1.807, 2.05) is 18.3 Å². The van der Waals surface area contributed by atoms with Crippen LogP contribution in [0.25, 0.3) is 5.65 Å². The van der Waals surface area contributed by atoms with Gasteiger partial charge in [-0.25, -0.2) is 9.50 Å². The van der Waals surface area contributed by atoms with Gasteiger partial charge in [-0.05, 0) is 18.9 Å². The first-order valence-corrected chi connectivity index (χ1v) is 6.44. The van der Waals surface area contributed by atoms with Crippen LogP contribution in [0.5, 0.6) is 0 Å². The molecule has 0 aliphatic carbocycles. The third-order valence-electron chi connectivity index (χ3n) is 2.99. The molecule has 1 saturated heterocycles. The summed E-state index contributed by atoms with van der Waals surface area (Å²) >= 11 is 3.66. The van der Waals surface area contributed by atoms with E-state index < -0.39 is 0 Å². The lowest BCUT2D eigenvalue weighted by molar-refractivity contribution is 0.592. The summed E-state index contributed by atoms with van der Waals surface area (Å²) < 4.78 is 1.79. The summed E-state index contributed by atoms with van der Waals surface area (Å²) in [5.74, 6) is 1.06. The standard InChI is InChI=1S/C11H13BrN4/c12-9-2-6-15(7-3-9)10-4-8-16-11(14-10)1-5-13-16/h1,4-5,8-9H,2-3,6-7H2. The van der Waals surface area contributed by atoms with E-state index in [1.165, 1.54) is 12.8 Å². The first-order valence-electron chi connectivity index (χ1n) is 5.52. The van der Waals surface area contributed by atoms with Crippen LogP contribution >= 0.6 is 15.9 Å². The molecule has 84 valence electrons. The number of hydrogen-bond donors (Lipinski definition) is 0. The van der Waals surface area contributed by atoms with E-state index in [9.17, 15) is 0 Å². The van der Waals surface area contributed by atoms with Gasteiger partial charge in [0.2, 0.25) is 0 Å². The van der Waals surface area contributed by atoms with Crippen LogP contribution in [0.2, 0.25) is 0 Å². The number of halogens is 1. The Balaban J connectivity index is 1.87. The molecule has 1 fully saturated rings. The second-order valence-electron chi connectivity index (χ2n) is 4.08. The average Bonchev–Trinajstić information content (AvgIpc) is 2.77. The van der Waals surface area contributed by atoms with Gasteiger partial charge in [0.05, 0.1) is 6.20 Å². The van der Waals surface area contributed by atoms with Crippen molar-refractivity contribution in [1.82, 2.24) is 14.6 Å². The average molecular weight is 281 g/mol. The predicted molar refractivity (Wildman–Crippen MR) is 67.1 cm³/mol. The highest BCUT2D eigenvalue weighted by molar-refractivity contribution is 9.09. The number of aromatic nitrogens is 3. The summed E-state index contributed by atoms with van der Waals surface area (Å²) in [6.07, 6.45) is 6.12. The van der Waals surface area contributed by atoms with Gasteiger partial charge in [-0.3, -0.25) is 0 Å². The molecule has 1 aliphatic heterocycles. The van der Waals surface area contributed by atoms with Gasteiger partial charge in [0.25, 0.3) is 0 Å². The molecule has 0 spiro atoms. The molecule has 0 bridgehead atoms. The molecule has 3 heterocycles. The maximum Gasteiger partial charge on any atom is 0.157 e. The van der Waals surface area contributed by atoms with Crippen molar-refractivity contribution in [2.75, 3.05) is 18.0 Å². The Hall–Kier alpha value is -1.10. The van der Waals surface area contributed by atoms with Gasteiger partial charge in [-0.1, -0.05) is 15.9 Å². The van der Waals surface area contributed by atoms with Gasteiger partial charge in [0, 0.05) is 30.2 Å². The Morgan fingerprint density at radius 1 is 1.25 bits per heavy atom. The molecule has 0 radical (unpaired) electrons. The van der Waals surface area contributed by atoms with Gasteiger partial charge in [0.15, 0.2) is 5.65 Å². The maximum atomic E-state index is 4.60. The fourth-order valence-corrected chi connectivity index (χ4v) is 2.47. The maximum absolute atomic E-state index is 4.60. The molecule has 0 N–H and O–H groups in total. The lowest BCUT2D eigenvalue weighted by Crippen LogP contribution is -2.34. The topological polar surface area (TPSA) is 33.4 Å².